The first-order chi connectivity index (χ1) is 7.66. The van der Waals surface area contributed by atoms with Gasteiger partial charge in [0.25, 0.3) is 0 Å². The van der Waals surface area contributed by atoms with Crippen LogP contribution in [0.15, 0.2) is 27.4 Å². The van der Waals surface area contributed by atoms with Crippen molar-refractivity contribution >= 4 is 50.3 Å². The van der Waals surface area contributed by atoms with Crippen molar-refractivity contribution in [2.24, 2.45) is 0 Å². The summed E-state index contributed by atoms with van der Waals surface area (Å²) in [6.07, 6.45) is 0. The number of nitrogen functional groups attached to an aromatic ring is 1. The maximum Gasteiger partial charge on any atom is 0.350 e. The van der Waals surface area contributed by atoms with Gasteiger partial charge in [0.1, 0.15) is 11.5 Å². The van der Waals surface area contributed by atoms with Crippen molar-refractivity contribution < 1.29 is 9.53 Å². The van der Waals surface area contributed by atoms with Gasteiger partial charge in [0.05, 0.1) is 9.47 Å². The summed E-state index contributed by atoms with van der Waals surface area (Å²) in [6.45, 7) is 0.284. The minimum Gasteiger partial charge on any atom is -0.456 e. The van der Waals surface area contributed by atoms with E-state index in [9.17, 15) is 4.79 Å². The molecule has 0 amide bonds. The lowest BCUT2D eigenvalue weighted by Crippen LogP contribution is -2.04. The molecule has 2 N–H and O–H groups in total. The molecule has 0 bridgehead atoms. The Morgan fingerprint density at radius 1 is 1.44 bits per heavy atom. The van der Waals surface area contributed by atoms with E-state index in [2.05, 4.69) is 15.9 Å². The monoisotopic (exact) mass is 317 g/mol. The van der Waals surface area contributed by atoms with E-state index in [1.165, 1.54) is 11.3 Å². The number of halogens is 1. The Balaban J connectivity index is 1.96. The van der Waals surface area contributed by atoms with E-state index in [1.807, 2.05) is 12.1 Å². The van der Waals surface area contributed by atoms with E-state index < -0.39 is 0 Å². The molecule has 6 heteroatoms. The zero-order valence-electron chi connectivity index (χ0n) is 8.10. The van der Waals surface area contributed by atoms with Gasteiger partial charge in [0, 0.05) is 4.88 Å². The highest BCUT2D eigenvalue weighted by atomic mass is 79.9. The number of carbonyl (C=O) groups excluding carboxylic acids is 1. The van der Waals surface area contributed by atoms with Crippen LogP contribution in [0.4, 0.5) is 5.69 Å². The quantitative estimate of drug-likeness (QED) is 0.881. The third-order valence-corrected chi connectivity index (χ3v) is 4.36. The highest BCUT2D eigenvalue weighted by Crippen LogP contribution is 2.24. The van der Waals surface area contributed by atoms with Crippen LogP contribution in [0.2, 0.25) is 0 Å². The molecule has 2 heterocycles. The minimum atomic E-state index is -0.364. The summed E-state index contributed by atoms with van der Waals surface area (Å²) in [5, 5.41) is 1.77. The molecule has 3 nitrogen and oxygen atoms in total. The van der Waals surface area contributed by atoms with Crippen LogP contribution in [0.25, 0.3) is 0 Å². The molecule has 2 aromatic heterocycles. The molecule has 0 unspecified atom stereocenters. The third-order valence-electron chi connectivity index (χ3n) is 1.86. The zero-order valence-corrected chi connectivity index (χ0v) is 11.3. The zero-order chi connectivity index (χ0) is 11.5. The van der Waals surface area contributed by atoms with Crippen molar-refractivity contribution in [3.63, 3.8) is 0 Å². The van der Waals surface area contributed by atoms with Crippen LogP contribution in [-0.4, -0.2) is 5.97 Å². The Bertz CT molecular complexity index is 506. The van der Waals surface area contributed by atoms with Crippen molar-refractivity contribution in [2.45, 2.75) is 6.61 Å². The summed E-state index contributed by atoms with van der Waals surface area (Å²) in [7, 11) is 0. The highest BCUT2D eigenvalue weighted by molar-refractivity contribution is 9.11. The molecule has 0 aromatic carbocycles. The summed E-state index contributed by atoms with van der Waals surface area (Å²) in [6, 6.07) is 5.54. The van der Waals surface area contributed by atoms with Crippen LogP contribution in [0.3, 0.4) is 0 Å². The van der Waals surface area contributed by atoms with Gasteiger partial charge in [0.15, 0.2) is 0 Å². The molecule has 0 atom stereocenters. The second kappa shape index (κ2) is 4.99. The van der Waals surface area contributed by atoms with E-state index >= 15 is 0 Å². The van der Waals surface area contributed by atoms with Gasteiger partial charge in [-0.25, -0.2) is 4.79 Å². The number of anilines is 1. The van der Waals surface area contributed by atoms with E-state index in [4.69, 9.17) is 10.5 Å². The van der Waals surface area contributed by atoms with Gasteiger partial charge in [-0.1, -0.05) is 0 Å². The molecule has 0 aliphatic carbocycles. The van der Waals surface area contributed by atoms with Crippen molar-refractivity contribution in [1.82, 2.24) is 0 Å². The Morgan fingerprint density at radius 3 is 2.81 bits per heavy atom. The van der Waals surface area contributed by atoms with Gasteiger partial charge in [0.2, 0.25) is 0 Å². The molecule has 0 aliphatic heterocycles. The third kappa shape index (κ3) is 2.63. The fraction of sp³-hybridized carbons (Fsp3) is 0.100. The molecule has 0 fully saturated rings. The maximum atomic E-state index is 11.6. The molecule has 2 rings (SSSR count). The average molecular weight is 318 g/mol. The van der Waals surface area contributed by atoms with E-state index in [1.54, 1.807) is 22.8 Å². The standard InChI is InChI=1S/C10H8BrNO2S2/c11-8-2-1-6(16-8)5-14-10(13)9-7(12)3-4-15-9/h1-4H,5,12H2. The number of thiophene rings is 2. The van der Waals surface area contributed by atoms with Crippen LogP contribution < -0.4 is 5.73 Å². The van der Waals surface area contributed by atoms with Gasteiger partial charge in [-0.15, -0.1) is 22.7 Å². The van der Waals surface area contributed by atoms with Crippen LogP contribution in [0.1, 0.15) is 14.5 Å². The number of rotatable bonds is 3. The van der Waals surface area contributed by atoms with Crippen molar-refractivity contribution in [2.75, 3.05) is 5.73 Å². The molecule has 0 spiro atoms. The number of hydrogen-bond donors (Lipinski definition) is 1. The summed E-state index contributed by atoms with van der Waals surface area (Å²) in [4.78, 5) is 13.1. The van der Waals surface area contributed by atoms with E-state index in [-0.39, 0.29) is 12.6 Å². The van der Waals surface area contributed by atoms with Crippen LogP contribution >= 0.6 is 38.6 Å². The molecule has 16 heavy (non-hydrogen) atoms. The van der Waals surface area contributed by atoms with Crippen molar-refractivity contribution in [1.29, 1.82) is 0 Å². The SMILES string of the molecule is Nc1ccsc1C(=O)OCc1ccc(Br)s1. The van der Waals surface area contributed by atoms with E-state index in [0.717, 1.165) is 8.66 Å². The Hall–Kier alpha value is -0.850. The predicted octanol–water partition coefficient (Wildman–Crippen LogP) is 3.51. The molecule has 0 aliphatic rings. The number of esters is 1. The molecule has 0 saturated carbocycles. The number of carbonyl (C=O) groups is 1. The Morgan fingerprint density at radius 2 is 2.25 bits per heavy atom. The van der Waals surface area contributed by atoms with Crippen LogP contribution in [0.5, 0.6) is 0 Å². The Labute approximate surface area is 109 Å². The molecule has 0 saturated heterocycles. The lowest BCUT2D eigenvalue weighted by atomic mass is 10.4. The fourth-order valence-corrected chi connectivity index (χ4v) is 3.22. The molecular weight excluding hydrogens is 310 g/mol. The van der Waals surface area contributed by atoms with Gasteiger partial charge >= 0.3 is 5.97 Å². The first kappa shape index (κ1) is 11.6. The largest absolute Gasteiger partial charge is 0.456 e. The predicted molar refractivity (Wildman–Crippen MR) is 69.9 cm³/mol. The summed E-state index contributed by atoms with van der Waals surface area (Å²) >= 11 is 6.18. The topological polar surface area (TPSA) is 52.3 Å². The van der Waals surface area contributed by atoms with Crippen LogP contribution in [-0.2, 0) is 11.3 Å². The van der Waals surface area contributed by atoms with Crippen LogP contribution in [0, 0.1) is 0 Å². The number of nitrogens with two attached hydrogens (primary N) is 1. The molecular formula is C10H8BrNO2S2. The lowest BCUT2D eigenvalue weighted by Gasteiger charge is -2.01. The molecule has 0 radical (unpaired) electrons. The normalized spacial score (nSPS) is 10.3. The van der Waals surface area contributed by atoms with Gasteiger partial charge in [-0.3, -0.25) is 0 Å². The van der Waals surface area contributed by atoms with Gasteiger partial charge in [-0.2, -0.15) is 0 Å². The van der Waals surface area contributed by atoms with Gasteiger partial charge < -0.3 is 10.5 Å². The molecule has 84 valence electrons. The van der Waals surface area contributed by atoms with Crippen molar-refractivity contribution in [3.05, 3.63) is 37.1 Å². The summed E-state index contributed by atoms with van der Waals surface area (Å²) in [5.74, 6) is -0.364. The second-order valence-electron chi connectivity index (χ2n) is 2.99. The van der Waals surface area contributed by atoms with E-state index in [0.29, 0.717) is 10.6 Å². The van der Waals surface area contributed by atoms with Crippen molar-refractivity contribution in [3.8, 4) is 0 Å². The first-order valence-corrected chi connectivity index (χ1v) is 6.90. The molecule has 2 aromatic rings. The average Bonchev–Trinajstić information content (AvgIpc) is 2.84. The second-order valence-corrected chi connectivity index (χ2v) is 6.45. The Kier molecular flexibility index (Phi) is 3.63. The number of hydrogen-bond acceptors (Lipinski definition) is 5. The van der Waals surface area contributed by atoms with Gasteiger partial charge in [-0.05, 0) is 39.5 Å². The summed E-state index contributed by atoms with van der Waals surface area (Å²) < 4.78 is 6.17. The minimum absolute atomic E-state index is 0.284. The fourth-order valence-electron chi connectivity index (χ4n) is 1.12. The highest BCUT2D eigenvalue weighted by Gasteiger charge is 2.12. The maximum absolute atomic E-state index is 11.6. The first-order valence-electron chi connectivity index (χ1n) is 4.41. The smallest absolute Gasteiger partial charge is 0.350 e. The lowest BCUT2D eigenvalue weighted by molar-refractivity contribution is 0.0484. The summed E-state index contributed by atoms with van der Waals surface area (Å²) in [5.41, 5.74) is 6.09. The number of ether oxygens (including phenoxy) is 1.